The fourth-order valence-electron chi connectivity index (χ4n) is 11.3. The maximum absolute atomic E-state index is 2.58. The van der Waals surface area contributed by atoms with Gasteiger partial charge in [-0.15, -0.1) is 0 Å². The molecule has 1 spiro atoms. The van der Waals surface area contributed by atoms with Gasteiger partial charge in [-0.2, -0.15) is 0 Å². The first-order valence-electron chi connectivity index (χ1n) is 20.4. The lowest BCUT2D eigenvalue weighted by atomic mass is 9.68. The molecule has 1 aliphatic heterocycles. The van der Waals surface area contributed by atoms with Crippen LogP contribution < -0.4 is 4.90 Å². The maximum atomic E-state index is 2.58. The molecule has 0 saturated heterocycles. The zero-order chi connectivity index (χ0) is 38.2. The minimum Gasteiger partial charge on any atom is -0.310 e. The zero-order valence-corrected chi connectivity index (χ0v) is 32.1. The Labute approximate surface area is 339 Å². The number of para-hydroxylation sites is 1. The molecule has 0 aromatic heterocycles. The fraction of sp³-hybridized carbons (Fsp3) is 0.0526. The molecule has 1 heteroatoms. The van der Waals surface area contributed by atoms with Gasteiger partial charge in [0.05, 0.1) is 11.1 Å². The highest BCUT2D eigenvalue weighted by Gasteiger charge is 2.53. The summed E-state index contributed by atoms with van der Waals surface area (Å²) in [6.45, 7) is 2.46. The minimum atomic E-state index is -0.466. The molecule has 0 radical (unpaired) electrons. The highest BCUT2D eigenvalue weighted by Crippen LogP contribution is 2.65. The van der Waals surface area contributed by atoms with Crippen molar-refractivity contribution < 1.29 is 0 Å². The molecule has 2 unspecified atom stereocenters. The second-order valence-corrected chi connectivity index (χ2v) is 16.5. The van der Waals surface area contributed by atoms with E-state index in [1.165, 1.54) is 94.6 Å². The summed E-state index contributed by atoms with van der Waals surface area (Å²) in [5.74, 6) is 0. The van der Waals surface area contributed by atoms with E-state index in [1.54, 1.807) is 0 Å². The van der Waals surface area contributed by atoms with E-state index in [-0.39, 0.29) is 5.41 Å². The van der Waals surface area contributed by atoms with Crippen molar-refractivity contribution in [2.45, 2.75) is 17.8 Å². The van der Waals surface area contributed by atoms with Gasteiger partial charge in [0, 0.05) is 22.4 Å². The number of hydrogen-bond donors (Lipinski definition) is 0. The molecule has 2 atom stereocenters. The number of fused-ring (bicyclic) bond motifs is 11. The average Bonchev–Trinajstić information content (AvgIpc) is 3.86. The zero-order valence-electron chi connectivity index (χ0n) is 32.1. The minimum absolute atomic E-state index is 0.376. The Morgan fingerprint density at radius 2 is 0.759 bits per heavy atom. The van der Waals surface area contributed by atoms with Crippen LogP contribution in [0.3, 0.4) is 0 Å². The smallest absolute Gasteiger partial charge is 0.0726 e. The Bertz CT molecular complexity index is 3180. The van der Waals surface area contributed by atoms with Crippen molar-refractivity contribution in [2.75, 3.05) is 4.90 Å². The van der Waals surface area contributed by atoms with Crippen molar-refractivity contribution in [3.05, 3.63) is 245 Å². The first-order valence-corrected chi connectivity index (χ1v) is 20.4. The molecule has 1 heterocycles. The van der Waals surface area contributed by atoms with Crippen LogP contribution in [0.5, 0.6) is 0 Å². The summed E-state index contributed by atoms with van der Waals surface area (Å²) in [4.78, 5) is 2.53. The average molecular weight is 736 g/mol. The number of nitrogens with zero attached hydrogens (tertiary/aromatic N) is 1. The van der Waals surface area contributed by atoms with E-state index in [9.17, 15) is 0 Å². The highest BCUT2D eigenvalue weighted by molar-refractivity contribution is 5.98. The summed E-state index contributed by atoms with van der Waals surface area (Å²) >= 11 is 0. The van der Waals surface area contributed by atoms with Crippen molar-refractivity contribution in [2.24, 2.45) is 0 Å². The topological polar surface area (TPSA) is 3.24 Å². The Kier molecular flexibility index (Phi) is 6.29. The molecule has 4 aliphatic rings. The van der Waals surface area contributed by atoms with Crippen LogP contribution in [0.2, 0.25) is 0 Å². The van der Waals surface area contributed by atoms with Gasteiger partial charge in [-0.25, -0.2) is 0 Å². The molecule has 9 aromatic carbocycles. The monoisotopic (exact) mass is 735 g/mol. The van der Waals surface area contributed by atoms with Crippen molar-refractivity contribution in [3.63, 3.8) is 0 Å². The van der Waals surface area contributed by atoms with Crippen LogP contribution in [0.1, 0.15) is 45.9 Å². The van der Waals surface area contributed by atoms with Crippen LogP contribution >= 0.6 is 0 Å². The summed E-state index contributed by atoms with van der Waals surface area (Å²) in [6, 6.07) is 78.0. The summed E-state index contributed by atoms with van der Waals surface area (Å²) in [5.41, 5.74) is 24.8. The Morgan fingerprint density at radius 1 is 0.310 bits per heavy atom. The maximum Gasteiger partial charge on any atom is 0.0726 e. The molecule has 13 rings (SSSR count). The first-order chi connectivity index (χ1) is 28.6. The van der Waals surface area contributed by atoms with E-state index in [1.807, 2.05) is 0 Å². The Hall–Kier alpha value is -7.22. The molecular weight excluding hydrogens is 699 g/mol. The SMILES string of the molecule is CC12c3ccc4c(c3)C3(c5ccccc5-c5ccc(cc53)N(c3ccccc3-c3ccc(-c5ccccc5)cc3)c3ccc(c1c3)-c1ccccc12)c1ccccc1-4. The number of rotatable bonds is 3. The van der Waals surface area contributed by atoms with Gasteiger partial charge in [0.1, 0.15) is 0 Å². The Morgan fingerprint density at radius 3 is 1.43 bits per heavy atom. The lowest BCUT2D eigenvalue weighted by Gasteiger charge is -2.36. The molecule has 0 saturated carbocycles. The predicted molar refractivity (Wildman–Crippen MR) is 239 cm³/mol. The quantitative estimate of drug-likeness (QED) is 0.175. The van der Waals surface area contributed by atoms with Gasteiger partial charge < -0.3 is 4.90 Å². The highest BCUT2D eigenvalue weighted by atomic mass is 15.1. The lowest BCUT2D eigenvalue weighted by Crippen LogP contribution is -2.28. The van der Waals surface area contributed by atoms with Crippen molar-refractivity contribution >= 4 is 17.1 Å². The molecule has 1 nitrogen and oxygen atoms in total. The summed E-state index contributed by atoms with van der Waals surface area (Å²) in [7, 11) is 0. The van der Waals surface area contributed by atoms with E-state index < -0.39 is 5.41 Å². The second-order valence-electron chi connectivity index (χ2n) is 16.5. The molecule has 270 valence electrons. The van der Waals surface area contributed by atoms with Crippen LogP contribution in [-0.2, 0) is 10.8 Å². The van der Waals surface area contributed by atoms with Gasteiger partial charge >= 0.3 is 0 Å². The van der Waals surface area contributed by atoms with E-state index in [0.29, 0.717) is 0 Å². The van der Waals surface area contributed by atoms with Gasteiger partial charge in [0.15, 0.2) is 0 Å². The standard InChI is InChI=1S/C57H37N/c1-56-39-27-30-47-44-17-6-10-20-50(44)57(53(47)33-39)51-21-11-7-18-45(51)48-32-29-41(35-54(48)57)58(40-28-31-46(52(56)34-40)43-16-5-9-19-49(43)56)55-22-12-8-15-42(55)38-25-23-37(24-26-38)36-13-3-2-4-14-36/h2-35H,1H3. The Balaban J connectivity index is 1.14. The molecule has 0 amide bonds. The van der Waals surface area contributed by atoms with Crippen molar-refractivity contribution in [1.82, 2.24) is 0 Å². The first kappa shape index (κ1) is 31.9. The van der Waals surface area contributed by atoms with Crippen molar-refractivity contribution in [1.29, 1.82) is 0 Å². The van der Waals surface area contributed by atoms with Crippen LogP contribution in [0.4, 0.5) is 17.1 Å². The second kappa shape index (κ2) is 11.4. The summed E-state index contributed by atoms with van der Waals surface area (Å²) in [5, 5.41) is 0. The normalized spacial score (nSPS) is 18.2. The van der Waals surface area contributed by atoms with Crippen LogP contribution in [0.25, 0.3) is 55.6 Å². The van der Waals surface area contributed by atoms with Gasteiger partial charge in [0.2, 0.25) is 0 Å². The van der Waals surface area contributed by atoms with Crippen LogP contribution in [0, 0.1) is 0 Å². The molecule has 0 N–H and O–H groups in total. The third kappa shape index (κ3) is 3.96. The largest absolute Gasteiger partial charge is 0.310 e. The third-order valence-electron chi connectivity index (χ3n) is 13.9. The molecule has 58 heavy (non-hydrogen) atoms. The van der Waals surface area contributed by atoms with Crippen LogP contribution in [-0.4, -0.2) is 0 Å². The summed E-state index contributed by atoms with van der Waals surface area (Å²) < 4.78 is 0. The molecular formula is C57H37N. The van der Waals surface area contributed by atoms with Crippen molar-refractivity contribution in [3.8, 4) is 55.6 Å². The fourth-order valence-corrected chi connectivity index (χ4v) is 11.3. The third-order valence-corrected chi connectivity index (χ3v) is 13.9. The molecule has 0 fully saturated rings. The van der Waals surface area contributed by atoms with Gasteiger partial charge in [0.25, 0.3) is 0 Å². The van der Waals surface area contributed by atoms with E-state index >= 15 is 0 Å². The molecule has 6 bridgehead atoms. The predicted octanol–water partition coefficient (Wildman–Crippen LogP) is 14.5. The van der Waals surface area contributed by atoms with E-state index in [2.05, 4.69) is 218 Å². The molecule has 3 aliphatic carbocycles. The lowest BCUT2D eigenvalue weighted by molar-refractivity contribution is 0.706. The summed E-state index contributed by atoms with van der Waals surface area (Å²) in [6.07, 6.45) is 0. The van der Waals surface area contributed by atoms with Crippen LogP contribution in [0.15, 0.2) is 206 Å². The van der Waals surface area contributed by atoms with Gasteiger partial charge in [-0.3, -0.25) is 0 Å². The van der Waals surface area contributed by atoms with Gasteiger partial charge in [-0.05, 0) is 126 Å². The number of benzene rings is 9. The number of anilines is 3. The van der Waals surface area contributed by atoms with E-state index in [4.69, 9.17) is 0 Å². The number of hydrogen-bond acceptors (Lipinski definition) is 1. The van der Waals surface area contributed by atoms with Gasteiger partial charge in [-0.1, -0.05) is 176 Å². The molecule has 9 aromatic rings. The van der Waals surface area contributed by atoms with E-state index in [0.717, 1.165) is 17.1 Å².